The molecule has 0 saturated heterocycles. The third-order valence-electron chi connectivity index (χ3n) is 2.25. The Hall–Kier alpha value is -1.54. The molecule has 0 fully saturated rings. The van der Waals surface area contributed by atoms with E-state index < -0.39 is 15.6 Å². The lowest BCUT2D eigenvalue weighted by Gasteiger charge is -2.20. The molecule has 8 heteroatoms. The Labute approximate surface area is 101 Å². The minimum atomic E-state index is -5.63. The molecule has 2 rings (SSSR count). The first-order valence-electron chi connectivity index (χ1n) is 4.84. The van der Waals surface area contributed by atoms with Gasteiger partial charge in [-0.15, -0.1) is 4.28 Å². The molecule has 98 valence electrons. The van der Waals surface area contributed by atoms with Crippen LogP contribution in [0.25, 0.3) is 12.3 Å². The monoisotopic (exact) mass is 279 g/mol. The number of halogens is 3. The van der Waals surface area contributed by atoms with Gasteiger partial charge in [0.15, 0.2) is 0 Å². The molecule has 0 N–H and O–H groups in total. The van der Waals surface area contributed by atoms with Crippen molar-refractivity contribution in [2.75, 3.05) is 6.54 Å². The molecule has 1 aromatic rings. The summed E-state index contributed by atoms with van der Waals surface area (Å²) in [6.45, 7) is -0.0771. The average molecular weight is 279 g/mol. The standard InChI is InChI=1S/C10H8F3NO3S/c11-10(12,13)18(15,16)17-14-6-5-8-3-1-2-4-9(8)7-14/h1-5,7H,6H2. The van der Waals surface area contributed by atoms with E-state index in [9.17, 15) is 21.6 Å². The Morgan fingerprint density at radius 1 is 1.17 bits per heavy atom. The lowest BCUT2D eigenvalue weighted by molar-refractivity contribution is -0.0748. The van der Waals surface area contributed by atoms with Crippen LogP contribution >= 0.6 is 0 Å². The van der Waals surface area contributed by atoms with Gasteiger partial charge in [-0.25, -0.2) is 5.06 Å². The van der Waals surface area contributed by atoms with Gasteiger partial charge in [0.1, 0.15) is 0 Å². The molecule has 1 aromatic carbocycles. The van der Waals surface area contributed by atoms with Gasteiger partial charge >= 0.3 is 15.6 Å². The molecule has 1 heterocycles. The van der Waals surface area contributed by atoms with Gasteiger partial charge in [-0.2, -0.15) is 21.6 Å². The highest BCUT2D eigenvalue weighted by Gasteiger charge is 2.48. The first-order valence-corrected chi connectivity index (χ1v) is 6.25. The SMILES string of the molecule is O=S(=O)(ON1C=c2ccccc2=CC1)C(F)(F)F. The highest BCUT2D eigenvalue weighted by Crippen LogP contribution is 2.25. The maximum absolute atomic E-state index is 12.1. The predicted octanol–water partition coefficient (Wildman–Crippen LogP) is 0.302. The number of benzene rings is 1. The van der Waals surface area contributed by atoms with Crippen molar-refractivity contribution in [3.8, 4) is 0 Å². The summed E-state index contributed by atoms with van der Waals surface area (Å²) in [6, 6.07) is 6.86. The van der Waals surface area contributed by atoms with Crippen molar-refractivity contribution in [2.24, 2.45) is 0 Å². The maximum Gasteiger partial charge on any atom is 0.525 e. The molecule has 4 nitrogen and oxygen atoms in total. The smallest absolute Gasteiger partial charge is 0.239 e. The summed E-state index contributed by atoms with van der Waals surface area (Å²) >= 11 is 0. The highest BCUT2D eigenvalue weighted by atomic mass is 32.2. The summed E-state index contributed by atoms with van der Waals surface area (Å²) in [4.78, 5) is 0. The molecule has 0 aromatic heterocycles. The lowest BCUT2D eigenvalue weighted by Crippen LogP contribution is -2.38. The molecule has 0 bridgehead atoms. The first-order chi connectivity index (χ1) is 8.29. The van der Waals surface area contributed by atoms with Crippen molar-refractivity contribution in [3.05, 3.63) is 34.7 Å². The van der Waals surface area contributed by atoms with Crippen molar-refractivity contribution in [2.45, 2.75) is 5.51 Å². The number of fused-ring (bicyclic) bond motifs is 1. The van der Waals surface area contributed by atoms with Gasteiger partial charge in [-0.1, -0.05) is 30.3 Å². The third-order valence-corrected chi connectivity index (χ3v) is 3.20. The summed E-state index contributed by atoms with van der Waals surface area (Å²) < 4.78 is 62.0. The van der Waals surface area contributed by atoms with Gasteiger partial charge in [0, 0.05) is 6.20 Å². The minimum absolute atomic E-state index is 0.0771. The Kier molecular flexibility index (Phi) is 3.07. The zero-order valence-electron chi connectivity index (χ0n) is 8.89. The van der Waals surface area contributed by atoms with Gasteiger partial charge in [-0.05, 0) is 10.4 Å². The Bertz CT molecular complexity index is 666. The Morgan fingerprint density at radius 3 is 2.39 bits per heavy atom. The zero-order chi connectivity index (χ0) is 13.4. The molecule has 0 aliphatic carbocycles. The van der Waals surface area contributed by atoms with E-state index in [1.807, 2.05) is 0 Å². The van der Waals surface area contributed by atoms with Gasteiger partial charge < -0.3 is 0 Å². The van der Waals surface area contributed by atoms with Gasteiger partial charge in [-0.3, -0.25) is 0 Å². The van der Waals surface area contributed by atoms with E-state index in [1.165, 1.54) is 6.20 Å². The first kappa shape index (κ1) is 12.9. The second-order valence-electron chi connectivity index (χ2n) is 3.54. The van der Waals surface area contributed by atoms with Gasteiger partial charge in [0.25, 0.3) is 0 Å². The fraction of sp³-hybridized carbons (Fsp3) is 0.200. The van der Waals surface area contributed by atoms with Crippen molar-refractivity contribution in [1.82, 2.24) is 5.06 Å². The summed E-state index contributed by atoms with van der Waals surface area (Å²) in [5.74, 6) is 0. The van der Waals surface area contributed by atoms with E-state index in [0.717, 1.165) is 5.22 Å². The third kappa shape index (κ3) is 2.49. The lowest BCUT2D eigenvalue weighted by atomic mass is 10.2. The number of rotatable bonds is 2. The van der Waals surface area contributed by atoms with Gasteiger partial charge in [0.05, 0.1) is 6.54 Å². The molecule has 18 heavy (non-hydrogen) atoms. The van der Waals surface area contributed by atoms with E-state index >= 15 is 0 Å². The summed E-state index contributed by atoms with van der Waals surface area (Å²) in [7, 11) is -5.63. The minimum Gasteiger partial charge on any atom is -0.239 e. The Morgan fingerprint density at radius 2 is 1.78 bits per heavy atom. The van der Waals surface area contributed by atoms with E-state index in [0.29, 0.717) is 10.3 Å². The van der Waals surface area contributed by atoms with E-state index in [2.05, 4.69) is 4.28 Å². The van der Waals surface area contributed by atoms with E-state index in [4.69, 9.17) is 0 Å². The fourth-order valence-electron chi connectivity index (χ4n) is 1.43. The van der Waals surface area contributed by atoms with Crippen LogP contribution in [0.15, 0.2) is 24.3 Å². The summed E-state index contributed by atoms with van der Waals surface area (Å²) in [6.07, 6.45) is 2.78. The van der Waals surface area contributed by atoms with Crippen LogP contribution < -0.4 is 10.4 Å². The number of hydroxylamine groups is 2. The zero-order valence-corrected chi connectivity index (χ0v) is 9.70. The van der Waals surface area contributed by atoms with Crippen molar-refractivity contribution in [1.29, 1.82) is 0 Å². The number of nitrogens with zero attached hydrogens (tertiary/aromatic N) is 1. The Balaban J connectivity index is 2.28. The van der Waals surface area contributed by atoms with Crippen molar-refractivity contribution in [3.63, 3.8) is 0 Å². The van der Waals surface area contributed by atoms with Crippen LogP contribution in [0.4, 0.5) is 13.2 Å². The number of hydrogen-bond acceptors (Lipinski definition) is 4. The molecule has 0 atom stereocenters. The number of hydrogen-bond donors (Lipinski definition) is 0. The van der Waals surface area contributed by atoms with Crippen molar-refractivity contribution >= 4 is 22.4 Å². The van der Waals surface area contributed by atoms with Crippen LogP contribution in [0.2, 0.25) is 0 Å². The molecule has 1 aliphatic rings. The quantitative estimate of drug-likeness (QED) is 0.731. The van der Waals surface area contributed by atoms with Crippen LogP contribution in [-0.2, 0) is 14.4 Å². The number of alkyl halides is 3. The fourth-order valence-corrected chi connectivity index (χ4v) is 1.87. The molecule has 0 unspecified atom stereocenters. The van der Waals surface area contributed by atoms with E-state index in [1.54, 1.807) is 30.3 Å². The largest absolute Gasteiger partial charge is 0.525 e. The van der Waals surface area contributed by atoms with Gasteiger partial charge in [0.2, 0.25) is 0 Å². The predicted molar refractivity (Wildman–Crippen MR) is 57.4 cm³/mol. The topological polar surface area (TPSA) is 46.6 Å². The van der Waals surface area contributed by atoms with Crippen LogP contribution in [0, 0.1) is 0 Å². The maximum atomic E-state index is 12.1. The van der Waals surface area contributed by atoms with Crippen LogP contribution in [0.3, 0.4) is 0 Å². The summed E-state index contributed by atoms with van der Waals surface area (Å²) in [5, 5.41) is 2.02. The van der Waals surface area contributed by atoms with Crippen molar-refractivity contribution < 1.29 is 25.9 Å². The molecule has 0 spiro atoms. The molecule has 1 aliphatic heterocycles. The molecule has 0 amide bonds. The average Bonchev–Trinajstić information content (AvgIpc) is 2.27. The molecular formula is C10H8F3NO3S. The second-order valence-corrected chi connectivity index (χ2v) is 5.06. The molecule has 0 radical (unpaired) electrons. The molecular weight excluding hydrogens is 271 g/mol. The van der Waals surface area contributed by atoms with E-state index in [-0.39, 0.29) is 6.54 Å². The molecule has 0 saturated carbocycles. The van der Waals surface area contributed by atoms with Crippen LogP contribution in [-0.4, -0.2) is 25.5 Å². The van der Waals surface area contributed by atoms with Crippen LogP contribution in [0.5, 0.6) is 0 Å². The second kappa shape index (κ2) is 4.29. The summed E-state index contributed by atoms with van der Waals surface area (Å²) in [5.41, 5.74) is -5.43. The highest BCUT2D eigenvalue weighted by molar-refractivity contribution is 7.87. The normalized spacial score (nSPS) is 15.6. The van der Waals surface area contributed by atoms with Crippen LogP contribution in [0.1, 0.15) is 0 Å².